The summed E-state index contributed by atoms with van der Waals surface area (Å²) in [5.41, 5.74) is 14.1. The van der Waals surface area contributed by atoms with Crippen molar-refractivity contribution in [3.05, 3.63) is 230 Å². The Kier molecular flexibility index (Phi) is 8.76. The Morgan fingerprint density at radius 2 is 1.02 bits per heavy atom. The second kappa shape index (κ2) is 14.5. The number of fused-ring (bicyclic) bond motifs is 2. The van der Waals surface area contributed by atoms with Crippen LogP contribution < -0.4 is 4.90 Å². The van der Waals surface area contributed by atoms with Gasteiger partial charge in [-0.15, -0.1) is 0 Å². The first-order valence-electron chi connectivity index (χ1n) is 18.3. The van der Waals surface area contributed by atoms with E-state index in [1.165, 1.54) is 22.1 Å². The van der Waals surface area contributed by atoms with Gasteiger partial charge in [0.2, 0.25) is 0 Å². The van der Waals surface area contributed by atoms with E-state index in [-0.39, 0.29) is 0 Å². The Bertz CT molecular complexity index is 2760. The lowest BCUT2D eigenvalue weighted by Gasteiger charge is -2.31. The van der Waals surface area contributed by atoms with Crippen molar-refractivity contribution in [3.63, 3.8) is 0 Å². The molecule has 54 heavy (non-hydrogen) atoms. The fourth-order valence-electron chi connectivity index (χ4n) is 7.49. The van der Waals surface area contributed by atoms with E-state index < -0.39 is 0 Å². The largest absolute Gasteiger partial charge is 0.464 e. The van der Waals surface area contributed by atoms with Crippen LogP contribution in [0.15, 0.2) is 224 Å². The molecule has 0 aliphatic heterocycles. The molecule has 0 aliphatic rings. The number of para-hydroxylation sites is 1. The zero-order valence-electron chi connectivity index (χ0n) is 29.8. The number of rotatable bonds is 9. The lowest BCUT2D eigenvalue weighted by atomic mass is 9.92. The third-order valence-electron chi connectivity index (χ3n) is 10.1. The molecule has 0 unspecified atom stereocenters. The molecule has 0 N–H and O–H groups in total. The molecule has 8 aromatic carbocycles. The summed E-state index contributed by atoms with van der Waals surface area (Å²) < 4.78 is 6.27. The summed E-state index contributed by atoms with van der Waals surface area (Å²) in [7, 11) is 0. The molecular weight excluding hydrogens is 655 g/mol. The van der Waals surface area contributed by atoms with Crippen molar-refractivity contribution in [2.75, 3.05) is 4.90 Å². The molecular formula is C52H37NO. The molecule has 9 rings (SSSR count). The van der Waals surface area contributed by atoms with Gasteiger partial charge in [-0.1, -0.05) is 170 Å². The lowest BCUT2D eigenvalue weighted by Crippen LogP contribution is -2.13. The van der Waals surface area contributed by atoms with Crippen LogP contribution in [0.4, 0.5) is 17.1 Å². The van der Waals surface area contributed by atoms with Gasteiger partial charge in [0.1, 0.15) is 5.58 Å². The summed E-state index contributed by atoms with van der Waals surface area (Å²) >= 11 is 0. The van der Waals surface area contributed by atoms with Crippen LogP contribution in [0, 0.1) is 0 Å². The first kappa shape index (κ1) is 32.7. The Balaban J connectivity index is 1.28. The zero-order valence-corrected chi connectivity index (χ0v) is 29.8. The van der Waals surface area contributed by atoms with Gasteiger partial charge in [-0.25, -0.2) is 0 Å². The SMILES string of the molecule is C=C/C=C(/c1ccccc1N(c1ccc(-c2ccccc2)cc1)c1ccc(-c2ccccc2)cc1-c1ccccc1)c1coc2cc3ccccc3cc12. The average molecular weight is 692 g/mol. The highest BCUT2D eigenvalue weighted by molar-refractivity contribution is 6.05. The van der Waals surface area contributed by atoms with Gasteiger partial charge in [0.15, 0.2) is 0 Å². The van der Waals surface area contributed by atoms with Crippen molar-refractivity contribution in [1.82, 2.24) is 0 Å². The molecule has 256 valence electrons. The molecule has 0 aliphatic carbocycles. The second-order valence-electron chi connectivity index (χ2n) is 13.4. The third kappa shape index (κ3) is 6.21. The van der Waals surface area contributed by atoms with E-state index in [1.54, 1.807) is 0 Å². The molecule has 0 fully saturated rings. The predicted octanol–water partition coefficient (Wildman–Crippen LogP) is 14.7. The molecule has 0 saturated carbocycles. The van der Waals surface area contributed by atoms with Gasteiger partial charge in [0.25, 0.3) is 0 Å². The predicted molar refractivity (Wildman–Crippen MR) is 228 cm³/mol. The van der Waals surface area contributed by atoms with Crippen molar-refractivity contribution in [1.29, 1.82) is 0 Å². The van der Waals surface area contributed by atoms with Crippen LogP contribution in [-0.2, 0) is 0 Å². The molecule has 0 radical (unpaired) electrons. The Hall–Kier alpha value is -7.16. The quantitative estimate of drug-likeness (QED) is 0.140. The normalized spacial score (nSPS) is 11.5. The summed E-state index contributed by atoms with van der Waals surface area (Å²) in [6.07, 6.45) is 5.86. The number of anilines is 3. The summed E-state index contributed by atoms with van der Waals surface area (Å²) in [6, 6.07) is 69.0. The number of hydrogen-bond acceptors (Lipinski definition) is 2. The summed E-state index contributed by atoms with van der Waals surface area (Å²) in [4.78, 5) is 2.40. The van der Waals surface area contributed by atoms with E-state index in [9.17, 15) is 0 Å². The lowest BCUT2D eigenvalue weighted by molar-refractivity contribution is 0.615. The highest BCUT2D eigenvalue weighted by Gasteiger charge is 2.24. The smallest absolute Gasteiger partial charge is 0.135 e. The molecule has 0 bridgehead atoms. The van der Waals surface area contributed by atoms with E-state index in [1.807, 2.05) is 12.3 Å². The summed E-state index contributed by atoms with van der Waals surface area (Å²) in [5.74, 6) is 0. The van der Waals surface area contributed by atoms with Crippen molar-refractivity contribution >= 4 is 44.4 Å². The number of allylic oxidation sites excluding steroid dienone is 2. The maximum atomic E-state index is 6.27. The first-order chi connectivity index (χ1) is 26.7. The average Bonchev–Trinajstić information content (AvgIpc) is 3.66. The molecule has 0 atom stereocenters. The minimum atomic E-state index is 0.854. The maximum absolute atomic E-state index is 6.27. The molecule has 2 heteroatoms. The van der Waals surface area contributed by atoms with E-state index in [2.05, 4.69) is 212 Å². The second-order valence-corrected chi connectivity index (χ2v) is 13.4. The van der Waals surface area contributed by atoms with Crippen molar-refractivity contribution in [3.8, 4) is 33.4 Å². The van der Waals surface area contributed by atoms with Gasteiger partial charge in [0, 0.05) is 27.8 Å². The van der Waals surface area contributed by atoms with Crippen LogP contribution in [0.3, 0.4) is 0 Å². The van der Waals surface area contributed by atoms with E-state index in [0.29, 0.717) is 0 Å². The topological polar surface area (TPSA) is 16.4 Å². The standard InChI is InChI=1S/C52H37NO/c1-2-16-45(49-36-54-52-35-42-24-13-12-23-41(42)34-48(49)52)46-25-14-15-26-50(46)53(44-30-27-39(28-31-44)37-17-6-3-7-18-37)51-32-29-43(38-19-8-4-9-20-38)33-47(51)40-21-10-5-11-22-40/h2-36H,1H2/b45-16-. The first-order valence-corrected chi connectivity index (χ1v) is 18.3. The Morgan fingerprint density at radius 3 is 1.70 bits per heavy atom. The fraction of sp³-hybridized carbons (Fsp3) is 0. The van der Waals surface area contributed by atoms with Crippen LogP contribution in [0.2, 0.25) is 0 Å². The molecule has 0 spiro atoms. The van der Waals surface area contributed by atoms with Crippen LogP contribution >= 0.6 is 0 Å². The fourth-order valence-corrected chi connectivity index (χ4v) is 7.49. The van der Waals surface area contributed by atoms with Gasteiger partial charge in [-0.05, 0) is 86.6 Å². The molecule has 0 saturated heterocycles. The van der Waals surface area contributed by atoms with E-state index >= 15 is 0 Å². The molecule has 0 amide bonds. The summed E-state index contributed by atoms with van der Waals surface area (Å²) in [5, 5.41) is 3.38. The van der Waals surface area contributed by atoms with Crippen LogP contribution in [-0.4, -0.2) is 0 Å². The van der Waals surface area contributed by atoms with Crippen molar-refractivity contribution in [2.24, 2.45) is 0 Å². The zero-order chi connectivity index (χ0) is 36.3. The van der Waals surface area contributed by atoms with Gasteiger partial charge in [-0.2, -0.15) is 0 Å². The molecule has 9 aromatic rings. The number of hydrogen-bond donors (Lipinski definition) is 0. The van der Waals surface area contributed by atoms with Gasteiger partial charge in [0.05, 0.1) is 17.6 Å². The highest BCUT2D eigenvalue weighted by Crippen LogP contribution is 2.47. The number of furan rings is 1. The number of nitrogens with zero attached hydrogens (tertiary/aromatic N) is 1. The van der Waals surface area contributed by atoms with Gasteiger partial charge in [-0.3, -0.25) is 0 Å². The van der Waals surface area contributed by atoms with Crippen LogP contribution in [0.1, 0.15) is 11.1 Å². The third-order valence-corrected chi connectivity index (χ3v) is 10.1. The molecule has 2 nitrogen and oxygen atoms in total. The monoisotopic (exact) mass is 691 g/mol. The maximum Gasteiger partial charge on any atom is 0.135 e. The van der Waals surface area contributed by atoms with E-state index in [0.717, 1.165) is 66.8 Å². The van der Waals surface area contributed by atoms with Gasteiger partial charge < -0.3 is 9.32 Å². The van der Waals surface area contributed by atoms with Crippen molar-refractivity contribution < 1.29 is 4.42 Å². The van der Waals surface area contributed by atoms with Crippen molar-refractivity contribution in [2.45, 2.75) is 0 Å². The van der Waals surface area contributed by atoms with Crippen LogP contribution in [0.5, 0.6) is 0 Å². The Labute approximate surface area is 316 Å². The van der Waals surface area contributed by atoms with Gasteiger partial charge >= 0.3 is 0 Å². The molecule has 1 aromatic heterocycles. The summed E-state index contributed by atoms with van der Waals surface area (Å²) in [6.45, 7) is 4.17. The highest BCUT2D eigenvalue weighted by atomic mass is 16.3. The minimum Gasteiger partial charge on any atom is -0.464 e. The Morgan fingerprint density at radius 1 is 0.463 bits per heavy atom. The molecule has 1 heterocycles. The van der Waals surface area contributed by atoms with E-state index in [4.69, 9.17) is 4.42 Å². The minimum absolute atomic E-state index is 0.854. The number of benzene rings is 8. The van der Waals surface area contributed by atoms with Crippen LogP contribution in [0.25, 0.3) is 60.7 Å².